The molecule has 1 aliphatic heterocycles. The number of aliphatic carboxylic acids is 1. The highest BCUT2D eigenvalue weighted by molar-refractivity contribution is 5.71. The van der Waals surface area contributed by atoms with Crippen LogP contribution in [0.3, 0.4) is 0 Å². The van der Waals surface area contributed by atoms with Crippen LogP contribution >= 0.6 is 0 Å². The van der Waals surface area contributed by atoms with Crippen LogP contribution in [0.15, 0.2) is 16.5 Å². The summed E-state index contributed by atoms with van der Waals surface area (Å²) in [6, 6.07) is 2.61. The Morgan fingerprint density at radius 2 is 2.29 bits per heavy atom. The molecule has 2 atom stereocenters. The van der Waals surface area contributed by atoms with Crippen molar-refractivity contribution in [1.29, 1.82) is 0 Å². The van der Waals surface area contributed by atoms with E-state index in [0.29, 0.717) is 25.5 Å². The summed E-state index contributed by atoms with van der Waals surface area (Å²) >= 11 is 0. The van der Waals surface area contributed by atoms with Gasteiger partial charge in [0.15, 0.2) is 0 Å². The zero-order valence-electron chi connectivity index (χ0n) is 11.7. The Balaban J connectivity index is 2.10. The number of nitrogens with zero attached hydrogens (tertiary/aromatic N) is 2. The van der Waals surface area contributed by atoms with Crippen LogP contribution in [0.2, 0.25) is 0 Å². The van der Waals surface area contributed by atoms with Gasteiger partial charge in [0, 0.05) is 6.04 Å². The fraction of sp³-hybridized carbons (Fsp3) is 0.615. The van der Waals surface area contributed by atoms with Gasteiger partial charge in [-0.25, -0.2) is 0 Å². The van der Waals surface area contributed by atoms with E-state index >= 15 is 0 Å². The van der Waals surface area contributed by atoms with Gasteiger partial charge in [0.05, 0.1) is 31.7 Å². The first-order chi connectivity index (χ1) is 10.0. The normalized spacial score (nSPS) is 21.8. The lowest BCUT2D eigenvalue weighted by molar-refractivity contribution is -0.402. The van der Waals surface area contributed by atoms with Crippen molar-refractivity contribution in [2.75, 3.05) is 19.8 Å². The van der Waals surface area contributed by atoms with E-state index in [1.165, 1.54) is 6.07 Å². The smallest absolute Gasteiger partial charge is 0.433 e. The van der Waals surface area contributed by atoms with Gasteiger partial charge < -0.3 is 14.3 Å². The third kappa shape index (κ3) is 3.59. The molecule has 116 valence electrons. The summed E-state index contributed by atoms with van der Waals surface area (Å²) in [6.45, 7) is 3.53. The SMILES string of the molecule is CCCN(Cc1ccc([N+](=O)[O-])o1)C1COCC1C(=O)O. The van der Waals surface area contributed by atoms with Crippen molar-refractivity contribution in [3.8, 4) is 0 Å². The molecule has 1 fully saturated rings. The topological polar surface area (TPSA) is 106 Å². The molecule has 0 bridgehead atoms. The molecule has 0 aliphatic carbocycles. The summed E-state index contributed by atoms with van der Waals surface area (Å²) in [7, 11) is 0. The van der Waals surface area contributed by atoms with Gasteiger partial charge in [0.25, 0.3) is 0 Å². The van der Waals surface area contributed by atoms with Crippen LogP contribution in [-0.4, -0.2) is 46.7 Å². The molecule has 2 rings (SSSR count). The number of carboxylic acid groups (broad SMARTS) is 1. The Bertz CT molecular complexity index is 515. The molecule has 1 saturated heterocycles. The van der Waals surface area contributed by atoms with E-state index in [4.69, 9.17) is 9.15 Å². The summed E-state index contributed by atoms with van der Waals surface area (Å²) in [5.74, 6) is -1.32. The number of ether oxygens (including phenoxy) is 1. The second kappa shape index (κ2) is 6.68. The second-order valence-corrected chi connectivity index (χ2v) is 5.02. The third-order valence-corrected chi connectivity index (χ3v) is 3.53. The van der Waals surface area contributed by atoms with Gasteiger partial charge in [-0.05, 0) is 19.0 Å². The van der Waals surface area contributed by atoms with Crippen molar-refractivity contribution in [1.82, 2.24) is 4.90 Å². The minimum Gasteiger partial charge on any atom is -0.481 e. The van der Waals surface area contributed by atoms with E-state index in [2.05, 4.69) is 0 Å². The Hall–Kier alpha value is -1.93. The van der Waals surface area contributed by atoms with Gasteiger partial charge in [-0.15, -0.1) is 0 Å². The first-order valence-electron chi connectivity index (χ1n) is 6.80. The first kappa shape index (κ1) is 15.5. The average Bonchev–Trinajstić information content (AvgIpc) is 3.07. The van der Waals surface area contributed by atoms with Crippen molar-refractivity contribution in [3.63, 3.8) is 0 Å². The third-order valence-electron chi connectivity index (χ3n) is 3.53. The minimum atomic E-state index is -0.885. The number of rotatable bonds is 7. The number of furan rings is 1. The molecule has 0 saturated carbocycles. The zero-order valence-corrected chi connectivity index (χ0v) is 11.7. The molecule has 2 unspecified atom stereocenters. The number of carboxylic acids is 1. The highest BCUT2D eigenvalue weighted by Gasteiger charge is 2.38. The lowest BCUT2D eigenvalue weighted by atomic mass is 10.0. The molecule has 0 aromatic carbocycles. The highest BCUT2D eigenvalue weighted by atomic mass is 16.6. The van der Waals surface area contributed by atoms with Crippen molar-refractivity contribution < 1.29 is 24.0 Å². The van der Waals surface area contributed by atoms with E-state index in [0.717, 1.165) is 6.42 Å². The molecule has 0 spiro atoms. The summed E-state index contributed by atoms with van der Waals surface area (Å²) in [5.41, 5.74) is 0. The van der Waals surface area contributed by atoms with E-state index in [1.54, 1.807) is 6.07 Å². The van der Waals surface area contributed by atoms with Gasteiger partial charge in [-0.3, -0.25) is 19.8 Å². The predicted octanol–water partition coefficient (Wildman–Crippen LogP) is 1.50. The largest absolute Gasteiger partial charge is 0.481 e. The number of hydrogen-bond acceptors (Lipinski definition) is 6. The lowest BCUT2D eigenvalue weighted by Crippen LogP contribution is -2.43. The van der Waals surface area contributed by atoms with Crippen molar-refractivity contribution in [2.45, 2.75) is 25.9 Å². The average molecular weight is 298 g/mol. The van der Waals surface area contributed by atoms with Gasteiger partial charge in [0.2, 0.25) is 0 Å². The number of carbonyl (C=O) groups is 1. The van der Waals surface area contributed by atoms with E-state index in [9.17, 15) is 20.0 Å². The molecule has 0 radical (unpaired) electrons. The molecule has 8 heteroatoms. The van der Waals surface area contributed by atoms with Crippen molar-refractivity contribution in [2.24, 2.45) is 5.92 Å². The maximum atomic E-state index is 11.2. The predicted molar refractivity (Wildman–Crippen MR) is 71.8 cm³/mol. The molecule has 0 amide bonds. The van der Waals surface area contributed by atoms with E-state index in [-0.39, 0.29) is 18.5 Å². The van der Waals surface area contributed by atoms with Gasteiger partial charge in [-0.1, -0.05) is 6.92 Å². The van der Waals surface area contributed by atoms with Crippen LogP contribution in [0.4, 0.5) is 5.88 Å². The zero-order chi connectivity index (χ0) is 15.4. The fourth-order valence-corrected chi connectivity index (χ4v) is 2.54. The van der Waals surface area contributed by atoms with Crippen LogP contribution in [-0.2, 0) is 16.1 Å². The molecule has 21 heavy (non-hydrogen) atoms. The van der Waals surface area contributed by atoms with Gasteiger partial charge in [0.1, 0.15) is 10.7 Å². The summed E-state index contributed by atoms with van der Waals surface area (Å²) in [5, 5.41) is 19.8. The molecular formula is C13H18N2O6. The van der Waals surface area contributed by atoms with Crippen LogP contribution < -0.4 is 0 Å². The molecule has 8 nitrogen and oxygen atoms in total. The van der Waals surface area contributed by atoms with Crippen molar-refractivity contribution in [3.05, 3.63) is 28.0 Å². The maximum Gasteiger partial charge on any atom is 0.433 e. The number of nitro groups is 1. The van der Waals surface area contributed by atoms with Gasteiger partial charge >= 0.3 is 11.9 Å². The summed E-state index contributed by atoms with van der Waals surface area (Å²) < 4.78 is 10.4. The molecule has 1 N–H and O–H groups in total. The number of hydrogen-bond donors (Lipinski definition) is 1. The first-order valence-corrected chi connectivity index (χ1v) is 6.80. The minimum absolute atomic E-state index is 0.193. The maximum absolute atomic E-state index is 11.2. The van der Waals surface area contributed by atoms with E-state index in [1.807, 2.05) is 11.8 Å². The lowest BCUT2D eigenvalue weighted by Gasteiger charge is -2.29. The van der Waals surface area contributed by atoms with Crippen LogP contribution in [0.1, 0.15) is 19.1 Å². The van der Waals surface area contributed by atoms with Crippen molar-refractivity contribution >= 4 is 11.9 Å². The van der Waals surface area contributed by atoms with Crippen LogP contribution in [0.5, 0.6) is 0 Å². The van der Waals surface area contributed by atoms with E-state index < -0.39 is 16.8 Å². The monoisotopic (exact) mass is 298 g/mol. The Morgan fingerprint density at radius 1 is 1.52 bits per heavy atom. The molecule has 1 aromatic rings. The second-order valence-electron chi connectivity index (χ2n) is 5.02. The Labute approximate surface area is 121 Å². The van der Waals surface area contributed by atoms with Crippen LogP contribution in [0.25, 0.3) is 0 Å². The van der Waals surface area contributed by atoms with Crippen LogP contribution in [0, 0.1) is 16.0 Å². The standard InChI is InChI=1S/C13H18N2O6/c1-2-5-14(11-8-20-7-10(11)13(16)17)6-9-3-4-12(21-9)15(18)19/h3-4,10-11H,2,5-8H2,1H3,(H,16,17). The highest BCUT2D eigenvalue weighted by Crippen LogP contribution is 2.24. The Morgan fingerprint density at radius 3 is 2.86 bits per heavy atom. The molecule has 1 aromatic heterocycles. The Kier molecular flexibility index (Phi) is 4.92. The molecule has 1 aliphatic rings. The molecule has 2 heterocycles. The quantitative estimate of drug-likeness (QED) is 0.600. The van der Waals surface area contributed by atoms with Gasteiger partial charge in [-0.2, -0.15) is 0 Å². The molecular weight excluding hydrogens is 280 g/mol. The summed E-state index contributed by atoms with van der Waals surface area (Å²) in [6.07, 6.45) is 0.839. The summed E-state index contributed by atoms with van der Waals surface area (Å²) in [4.78, 5) is 23.2. The fourth-order valence-electron chi connectivity index (χ4n) is 2.54.